The van der Waals surface area contributed by atoms with Crippen molar-refractivity contribution in [2.24, 2.45) is 11.8 Å². The van der Waals surface area contributed by atoms with Crippen molar-refractivity contribution in [2.45, 2.75) is 12.8 Å². The molecule has 0 aromatic carbocycles. The Bertz CT molecular complexity index is 932. The smallest absolute Gasteiger partial charge is 0.232 e. The average Bonchev–Trinajstić information content (AvgIpc) is 3.10. The molecule has 0 unspecified atom stereocenters. The first kappa shape index (κ1) is 23.2. The van der Waals surface area contributed by atoms with Crippen LogP contribution in [0.25, 0.3) is 11.3 Å². The SMILES string of the molecule is O=C(Nc1cc(-c2nc(NCC3CCOCC3)ccc2Cl)c(Cl)cn1)[C@@H]1CNCCOC1. The largest absolute Gasteiger partial charge is 0.381 e. The summed E-state index contributed by atoms with van der Waals surface area (Å²) < 4.78 is 10.9. The van der Waals surface area contributed by atoms with E-state index in [9.17, 15) is 4.79 Å². The van der Waals surface area contributed by atoms with E-state index in [4.69, 9.17) is 32.7 Å². The highest BCUT2D eigenvalue weighted by Crippen LogP contribution is 2.34. The van der Waals surface area contributed by atoms with Crippen LogP contribution in [0.1, 0.15) is 12.8 Å². The fourth-order valence-electron chi connectivity index (χ4n) is 3.72. The van der Waals surface area contributed by atoms with Gasteiger partial charge in [-0.15, -0.1) is 0 Å². The zero-order chi connectivity index (χ0) is 22.3. The maximum absolute atomic E-state index is 12.6. The summed E-state index contributed by atoms with van der Waals surface area (Å²) in [6, 6.07) is 5.34. The summed E-state index contributed by atoms with van der Waals surface area (Å²) in [6.07, 6.45) is 3.57. The Morgan fingerprint density at radius 1 is 1.12 bits per heavy atom. The molecule has 0 saturated carbocycles. The summed E-state index contributed by atoms with van der Waals surface area (Å²) in [7, 11) is 0. The van der Waals surface area contributed by atoms with Crippen molar-refractivity contribution in [1.29, 1.82) is 0 Å². The van der Waals surface area contributed by atoms with Gasteiger partial charge in [0, 0.05) is 44.6 Å². The summed E-state index contributed by atoms with van der Waals surface area (Å²) in [5.41, 5.74) is 1.14. The van der Waals surface area contributed by atoms with E-state index in [2.05, 4.69) is 25.9 Å². The van der Waals surface area contributed by atoms with Crippen molar-refractivity contribution in [1.82, 2.24) is 15.3 Å². The van der Waals surface area contributed by atoms with Crippen molar-refractivity contribution >= 4 is 40.7 Å². The number of pyridine rings is 2. The quantitative estimate of drug-likeness (QED) is 0.583. The van der Waals surface area contributed by atoms with Gasteiger partial charge in [-0.05, 0) is 37.0 Å². The molecule has 0 spiro atoms. The lowest BCUT2D eigenvalue weighted by Crippen LogP contribution is -2.33. The second kappa shape index (κ2) is 11.2. The molecule has 2 aromatic rings. The molecular weight excluding hydrogens is 453 g/mol. The van der Waals surface area contributed by atoms with Gasteiger partial charge in [-0.3, -0.25) is 4.79 Å². The van der Waals surface area contributed by atoms with Crippen molar-refractivity contribution in [2.75, 3.05) is 56.7 Å². The number of amides is 1. The van der Waals surface area contributed by atoms with E-state index < -0.39 is 0 Å². The number of hydrogen-bond acceptors (Lipinski definition) is 7. The van der Waals surface area contributed by atoms with Crippen LogP contribution in [0.5, 0.6) is 0 Å². The van der Waals surface area contributed by atoms with Crippen LogP contribution in [-0.2, 0) is 14.3 Å². The number of ether oxygens (including phenoxy) is 2. The molecule has 0 aliphatic carbocycles. The first-order valence-electron chi connectivity index (χ1n) is 10.8. The molecule has 4 heterocycles. The Morgan fingerprint density at radius 3 is 2.81 bits per heavy atom. The van der Waals surface area contributed by atoms with Crippen LogP contribution in [0.2, 0.25) is 10.0 Å². The van der Waals surface area contributed by atoms with Crippen LogP contribution < -0.4 is 16.0 Å². The van der Waals surface area contributed by atoms with Crippen molar-refractivity contribution in [3.05, 3.63) is 34.4 Å². The first-order chi connectivity index (χ1) is 15.6. The van der Waals surface area contributed by atoms with Crippen molar-refractivity contribution < 1.29 is 14.3 Å². The summed E-state index contributed by atoms with van der Waals surface area (Å²) >= 11 is 12.9. The Morgan fingerprint density at radius 2 is 1.97 bits per heavy atom. The van der Waals surface area contributed by atoms with E-state index in [1.165, 1.54) is 6.20 Å². The highest BCUT2D eigenvalue weighted by Gasteiger charge is 2.22. The molecule has 172 valence electrons. The molecule has 10 heteroatoms. The Hall–Kier alpha value is -1.97. The normalized spacial score (nSPS) is 19.9. The molecule has 4 rings (SSSR count). The van der Waals surface area contributed by atoms with E-state index in [-0.39, 0.29) is 11.8 Å². The van der Waals surface area contributed by atoms with Gasteiger partial charge in [-0.2, -0.15) is 0 Å². The summed E-state index contributed by atoms with van der Waals surface area (Å²) in [5, 5.41) is 10.3. The molecule has 2 fully saturated rings. The molecule has 2 saturated heterocycles. The first-order valence-corrected chi connectivity index (χ1v) is 11.6. The lowest BCUT2D eigenvalue weighted by atomic mass is 10.0. The van der Waals surface area contributed by atoms with Gasteiger partial charge in [0.25, 0.3) is 0 Å². The number of nitrogens with zero attached hydrogens (tertiary/aromatic N) is 2. The Kier molecular flexibility index (Phi) is 8.15. The van der Waals surface area contributed by atoms with Crippen LogP contribution in [0.15, 0.2) is 24.4 Å². The summed E-state index contributed by atoms with van der Waals surface area (Å²) in [5.74, 6) is 1.20. The van der Waals surface area contributed by atoms with Crippen LogP contribution in [0.4, 0.5) is 11.6 Å². The summed E-state index contributed by atoms with van der Waals surface area (Å²) in [4.78, 5) is 21.6. The molecule has 32 heavy (non-hydrogen) atoms. The number of carbonyl (C=O) groups excluding carboxylic acids is 1. The lowest BCUT2D eigenvalue weighted by molar-refractivity contribution is -0.121. The minimum atomic E-state index is -0.294. The zero-order valence-corrected chi connectivity index (χ0v) is 19.2. The predicted molar refractivity (Wildman–Crippen MR) is 125 cm³/mol. The number of carbonyl (C=O) groups is 1. The van der Waals surface area contributed by atoms with Gasteiger partial charge in [0.2, 0.25) is 5.91 Å². The van der Waals surface area contributed by atoms with Crippen LogP contribution >= 0.6 is 23.2 Å². The van der Waals surface area contributed by atoms with E-state index in [0.717, 1.165) is 45.0 Å². The van der Waals surface area contributed by atoms with Gasteiger partial charge in [0.1, 0.15) is 11.6 Å². The molecule has 1 atom stereocenters. The Labute approximate surface area is 197 Å². The van der Waals surface area contributed by atoms with Crippen LogP contribution in [0, 0.1) is 11.8 Å². The molecular formula is C22H27Cl2N5O3. The van der Waals surface area contributed by atoms with Gasteiger partial charge < -0.3 is 25.4 Å². The molecule has 0 bridgehead atoms. The van der Waals surface area contributed by atoms with E-state index >= 15 is 0 Å². The maximum Gasteiger partial charge on any atom is 0.232 e. The number of rotatable bonds is 6. The van der Waals surface area contributed by atoms with Crippen molar-refractivity contribution in [3.63, 3.8) is 0 Å². The van der Waals surface area contributed by atoms with Gasteiger partial charge in [-0.25, -0.2) is 9.97 Å². The van der Waals surface area contributed by atoms with Crippen molar-refractivity contribution in [3.8, 4) is 11.3 Å². The fraction of sp³-hybridized carbons (Fsp3) is 0.500. The zero-order valence-electron chi connectivity index (χ0n) is 17.7. The average molecular weight is 480 g/mol. The third kappa shape index (κ3) is 6.08. The highest BCUT2D eigenvalue weighted by atomic mass is 35.5. The van der Waals surface area contributed by atoms with E-state index in [0.29, 0.717) is 52.8 Å². The molecule has 2 aromatic heterocycles. The van der Waals surface area contributed by atoms with Crippen LogP contribution in [-0.4, -0.2) is 61.9 Å². The molecule has 3 N–H and O–H groups in total. The number of hydrogen-bond donors (Lipinski definition) is 3. The minimum Gasteiger partial charge on any atom is -0.381 e. The Balaban J connectivity index is 1.49. The number of anilines is 2. The van der Waals surface area contributed by atoms with Gasteiger partial charge in [0.15, 0.2) is 0 Å². The maximum atomic E-state index is 12.6. The topological polar surface area (TPSA) is 97.4 Å². The highest BCUT2D eigenvalue weighted by molar-refractivity contribution is 6.36. The van der Waals surface area contributed by atoms with Gasteiger partial charge in [-0.1, -0.05) is 23.2 Å². The molecule has 1 amide bonds. The fourth-order valence-corrected chi connectivity index (χ4v) is 4.12. The second-order valence-electron chi connectivity index (χ2n) is 7.98. The third-order valence-electron chi connectivity index (χ3n) is 5.62. The predicted octanol–water partition coefficient (Wildman–Crippen LogP) is 3.46. The second-order valence-corrected chi connectivity index (χ2v) is 8.79. The monoisotopic (exact) mass is 479 g/mol. The summed E-state index contributed by atoms with van der Waals surface area (Å²) in [6.45, 7) is 4.67. The van der Waals surface area contributed by atoms with E-state index in [1.54, 1.807) is 12.1 Å². The number of aromatic nitrogens is 2. The molecule has 0 radical (unpaired) electrons. The lowest BCUT2D eigenvalue weighted by Gasteiger charge is -2.22. The molecule has 8 nitrogen and oxygen atoms in total. The molecule has 2 aliphatic heterocycles. The van der Waals surface area contributed by atoms with Crippen LogP contribution in [0.3, 0.4) is 0 Å². The third-order valence-corrected chi connectivity index (χ3v) is 6.23. The molecule has 2 aliphatic rings. The number of nitrogens with one attached hydrogen (secondary N) is 3. The van der Waals surface area contributed by atoms with E-state index in [1.807, 2.05) is 6.07 Å². The standard InChI is InChI=1S/C22H27Cl2N5O3/c23-17-1-2-19(26-10-14-3-6-31-7-4-14)28-21(17)16-9-20(27-12-18(16)24)29-22(30)15-11-25-5-8-32-13-15/h1-2,9,12,14-15,25H,3-8,10-11,13H2,(H,26,28)(H,27,29,30)/t15-/m1/s1. The van der Waals surface area contributed by atoms with Gasteiger partial charge >= 0.3 is 0 Å². The number of halogens is 2. The minimum absolute atomic E-state index is 0.161. The van der Waals surface area contributed by atoms with Gasteiger partial charge in [0.05, 0.1) is 34.9 Å².